The Bertz CT molecular complexity index is 397. The SMILES string of the molecule is CC[C@@H](C)NC(=O)NCc1c(C)nn(C)c1C. The molecule has 2 N–H and O–H groups in total. The molecule has 0 unspecified atom stereocenters. The lowest BCUT2D eigenvalue weighted by atomic mass is 10.2. The van der Waals surface area contributed by atoms with Gasteiger partial charge in [0.2, 0.25) is 0 Å². The maximum atomic E-state index is 11.6. The number of nitrogens with one attached hydrogen (secondary N) is 2. The third-order valence-electron chi connectivity index (χ3n) is 3.07. The Morgan fingerprint density at radius 3 is 2.59 bits per heavy atom. The van der Waals surface area contributed by atoms with Crippen molar-refractivity contribution in [2.45, 2.75) is 46.7 Å². The molecule has 1 rings (SSSR count). The Kier molecular flexibility index (Phi) is 4.54. The molecule has 1 atom stereocenters. The van der Waals surface area contributed by atoms with Crippen LogP contribution in [0.2, 0.25) is 0 Å². The molecular formula is C12H22N4O. The highest BCUT2D eigenvalue weighted by molar-refractivity contribution is 5.74. The zero-order chi connectivity index (χ0) is 13.0. The predicted molar refractivity (Wildman–Crippen MR) is 67.8 cm³/mol. The second-order valence-electron chi connectivity index (χ2n) is 4.41. The molecule has 0 aliphatic carbocycles. The van der Waals surface area contributed by atoms with Gasteiger partial charge in [0.1, 0.15) is 0 Å². The van der Waals surface area contributed by atoms with E-state index in [9.17, 15) is 4.79 Å². The Morgan fingerprint density at radius 2 is 2.12 bits per heavy atom. The van der Waals surface area contributed by atoms with Gasteiger partial charge >= 0.3 is 6.03 Å². The van der Waals surface area contributed by atoms with E-state index in [1.54, 1.807) is 0 Å². The first-order valence-electron chi connectivity index (χ1n) is 5.99. The van der Waals surface area contributed by atoms with Crippen LogP contribution in [0.1, 0.15) is 37.2 Å². The smallest absolute Gasteiger partial charge is 0.315 e. The van der Waals surface area contributed by atoms with Crippen LogP contribution in [-0.4, -0.2) is 21.9 Å². The Labute approximate surface area is 103 Å². The Hall–Kier alpha value is -1.52. The van der Waals surface area contributed by atoms with E-state index in [4.69, 9.17) is 0 Å². The number of urea groups is 1. The fraction of sp³-hybridized carbons (Fsp3) is 0.667. The summed E-state index contributed by atoms with van der Waals surface area (Å²) in [5, 5.41) is 10.0. The van der Waals surface area contributed by atoms with Crippen LogP contribution in [0.15, 0.2) is 0 Å². The van der Waals surface area contributed by atoms with Crippen LogP contribution in [0, 0.1) is 13.8 Å². The average Bonchev–Trinajstić information content (AvgIpc) is 2.51. The van der Waals surface area contributed by atoms with Crippen molar-refractivity contribution in [1.29, 1.82) is 0 Å². The molecule has 1 aromatic rings. The van der Waals surface area contributed by atoms with E-state index in [0.29, 0.717) is 6.54 Å². The molecule has 1 heterocycles. The quantitative estimate of drug-likeness (QED) is 0.837. The van der Waals surface area contributed by atoms with Gasteiger partial charge in [-0.1, -0.05) is 6.92 Å². The average molecular weight is 238 g/mol. The van der Waals surface area contributed by atoms with Crippen molar-refractivity contribution in [3.63, 3.8) is 0 Å². The number of nitrogens with zero attached hydrogens (tertiary/aromatic N) is 2. The first kappa shape index (κ1) is 13.5. The molecule has 0 aromatic carbocycles. The predicted octanol–water partition coefficient (Wildman–Crippen LogP) is 1.63. The summed E-state index contributed by atoms with van der Waals surface area (Å²) in [5.41, 5.74) is 3.15. The first-order chi connectivity index (χ1) is 7.95. The summed E-state index contributed by atoms with van der Waals surface area (Å²) >= 11 is 0. The van der Waals surface area contributed by atoms with Crippen LogP contribution in [0.25, 0.3) is 0 Å². The van der Waals surface area contributed by atoms with Gasteiger partial charge < -0.3 is 10.6 Å². The fourth-order valence-corrected chi connectivity index (χ4v) is 1.62. The maximum Gasteiger partial charge on any atom is 0.315 e. The number of amides is 2. The van der Waals surface area contributed by atoms with Gasteiger partial charge in [-0.05, 0) is 27.2 Å². The Balaban J connectivity index is 2.53. The van der Waals surface area contributed by atoms with Crippen LogP contribution >= 0.6 is 0 Å². The maximum absolute atomic E-state index is 11.6. The molecule has 0 saturated heterocycles. The van der Waals surface area contributed by atoms with E-state index in [-0.39, 0.29) is 12.1 Å². The molecule has 0 aliphatic rings. The lowest BCUT2D eigenvalue weighted by molar-refractivity contribution is 0.237. The molecule has 0 saturated carbocycles. The van der Waals surface area contributed by atoms with Crippen molar-refractivity contribution in [2.75, 3.05) is 0 Å². The molecule has 0 bridgehead atoms. The number of aromatic nitrogens is 2. The number of rotatable bonds is 4. The molecule has 17 heavy (non-hydrogen) atoms. The van der Waals surface area contributed by atoms with E-state index in [2.05, 4.69) is 15.7 Å². The minimum absolute atomic E-state index is 0.123. The monoisotopic (exact) mass is 238 g/mol. The van der Waals surface area contributed by atoms with Gasteiger partial charge in [-0.25, -0.2) is 4.79 Å². The summed E-state index contributed by atoms with van der Waals surface area (Å²) in [6.45, 7) is 8.51. The summed E-state index contributed by atoms with van der Waals surface area (Å²) in [4.78, 5) is 11.6. The van der Waals surface area contributed by atoms with Crippen molar-refractivity contribution in [1.82, 2.24) is 20.4 Å². The summed E-state index contributed by atoms with van der Waals surface area (Å²) < 4.78 is 1.83. The van der Waals surface area contributed by atoms with Gasteiger partial charge in [-0.3, -0.25) is 4.68 Å². The topological polar surface area (TPSA) is 59.0 Å². The van der Waals surface area contributed by atoms with Gasteiger partial charge in [-0.15, -0.1) is 0 Å². The normalized spacial score (nSPS) is 12.3. The molecule has 2 amide bonds. The molecule has 0 fully saturated rings. The molecule has 0 radical (unpaired) electrons. The van der Waals surface area contributed by atoms with E-state index in [0.717, 1.165) is 23.4 Å². The van der Waals surface area contributed by atoms with E-state index < -0.39 is 0 Å². The Morgan fingerprint density at radius 1 is 1.47 bits per heavy atom. The molecule has 0 spiro atoms. The standard InChI is InChI=1S/C12H22N4O/c1-6-8(2)14-12(17)13-7-11-9(3)15-16(5)10(11)4/h8H,6-7H2,1-5H3,(H2,13,14,17)/t8-/m1/s1. The summed E-state index contributed by atoms with van der Waals surface area (Å²) in [7, 11) is 1.91. The van der Waals surface area contributed by atoms with Gasteiger partial charge in [0.15, 0.2) is 0 Å². The third-order valence-corrected chi connectivity index (χ3v) is 3.07. The van der Waals surface area contributed by atoms with Gasteiger partial charge in [0.05, 0.1) is 5.69 Å². The largest absolute Gasteiger partial charge is 0.336 e. The number of carbonyl (C=O) groups is 1. The van der Waals surface area contributed by atoms with Crippen LogP contribution in [0.5, 0.6) is 0 Å². The van der Waals surface area contributed by atoms with E-state index in [1.807, 2.05) is 39.4 Å². The van der Waals surface area contributed by atoms with Crippen molar-refractivity contribution < 1.29 is 4.79 Å². The molecule has 5 heteroatoms. The lowest BCUT2D eigenvalue weighted by Crippen LogP contribution is -2.40. The highest BCUT2D eigenvalue weighted by Gasteiger charge is 2.11. The molecule has 0 aliphatic heterocycles. The second-order valence-corrected chi connectivity index (χ2v) is 4.41. The number of hydrogen-bond donors (Lipinski definition) is 2. The summed E-state index contributed by atoms with van der Waals surface area (Å²) in [6, 6.07) is 0.0769. The van der Waals surface area contributed by atoms with Crippen LogP contribution < -0.4 is 10.6 Å². The van der Waals surface area contributed by atoms with E-state index >= 15 is 0 Å². The first-order valence-corrected chi connectivity index (χ1v) is 5.99. The van der Waals surface area contributed by atoms with Crippen LogP contribution in [0.4, 0.5) is 4.79 Å². The van der Waals surface area contributed by atoms with Crippen LogP contribution in [0.3, 0.4) is 0 Å². The van der Waals surface area contributed by atoms with Crippen molar-refractivity contribution in [2.24, 2.45) is 7.05 Å². The molecule has 96 valence electrons. The number of hydrogen-bond acceptors (Lipinski definition) is 2. The van der Waals surface area contributed by atoms with E-state index in [1.165, 1.54) is 0 Å². The van der Waals surface area contributed by atoms with Crippen molar-refractivity contribution >= 4 is 6.03 Å². The fourth-order valence-electron chi connectivity index (χ4n) is 1.62. The minimum Gasteiger partial charge on any atom is -0.336 e. The highest BCUT2D eigenvalue weighted by Crippen LogP contribution is 2.10. The van der Waals surface area contributed by atoms with Gasteiger partial charge in [-0.2, -0.15) is 5.10 Å². The third kappa shape index (κ3) is 3.47. The molecule has 5 nitrogen and oxygen atoms in total. The van der Waals surface area contributed by atoms with Crippen LogP contribution in [-0.2, 0) is 13.6 Å². The second kappa shape index (κ2) is 5.70. The van der Waals surface area contributed by atoms with Crippen molar-refractivity contribution in [3.05, 3.63) is 17.0 Å². The highest BCUT2D eigenvalue weighted by atomic mass is 16.2. The van der Waals surface area contributed by atoms with Crippen molar-refractivity contribution in [3.8, 4) is 0 Å². The zero-order valence-electron chi connectivity index (χ0n) is 11.3. The lowest BCUT2D eigenvalue weighted by Gasteiger charge is -2.12. The molecule has 1 aromatic heterocycles. The summed E-state index contributed by atoms with van der Waals surface area (Å²) in [5.74, 6) is 0. The van der Waals surface area contributed by atoms with Gasteiger partial charge in [0, 0.05) is 30.9 Å². The molecular weight excluding hydrogens is 216 g/mol. The number of carbonyl (C=O) groups excluding carboxylic acids is 1. The number of aryl methyl sites for hydroxylation is 2. The van der Waals surface area contributed by atoms with Gasteiger partial charge in [0.25, 0.3) is 0 Å². The minimum atomic E-state index is -0.123. The summed E-state index contributed by atoms with van der Waals surface area (Å²) in [6.07, 6.45) is 0.929. The zero-order valence-corrected chi connectivity index (χ0v) is 11.3.